The van der Waals surface area contributed by atoms with E-state index in [0.717, 1.165) is 30.4 Å². The monoisotopic (exact) mass is 378 g/mol. The molecule has 5 heteroatoms. The quantitative estimate of drug-likeness (QED) is 0.648. The van der Waals surface area contributed by atoms with Crippen LogP contribution in [-0.4, -0.2) is 29.0 Å². The molecule has 0 aromatic heterocycles. The van der Waals surface area contributed by atoms with Crippen LogP contribution in [0, 0.1) is 0 Å². The van der Waals surface area contributed by atoms with Gasteiger partial charge in [0.25, 0.3) is 0 Å². The second-order valence-corrected chi connectivity index (χ2v) is 7.19. The highest BCUT2D eigenvalue weighted by Crippen LogP contribution is 2.19. The van der Waals surface area contributed by atoms with E-state index in [2.05, 4.69) is 10.6 Å². The maximum Gasteiger partial charge on any atom is 0.244 e. The van der Waals surface area contributed by atoms with Gasteiger partial charge < -0.3 is 15.7 Å². The number of benzene rings is 2. The highest BCUT2D eigenvalue weighted by atomic mass is 16.3. The molecule has 0 bridgehead atoms. The summed E-state index contributed by atoms with van der Waals surface area (Å²) in [6.45, 7) is 0. The lowest BCUT2D eigenvalue weighted by atomic mass is 10.1. The molecule has 2 amide bonds. The van der Waals surface area contributed by atoms with Gasteiger partial charge in [0, 0.05) is 24.6 Å². The molecule has 1 saturated carbocycles. The summed E-state index contributed by atoms with van der Waals surface area (Å²) < 4.78 is 0. The first-order valence-electron chi connectivity index (χ1n) is 9.69. The average molecular weight is 378 g/mol. The van der Waals surface area contributed by atoms with Gasteiger partial charge in [-0.25, -0.2) is 0 Å². The molecule has 0 spiro atoms. The number of aromatic hydroxyl groups is 1. The standard InChI is InChI=1S/C23H26N2O3/c26-21-12-6-18(7-13-21)9-15-23(28)25-20-11-10-19(16-20)24-22(27)14-8-17-4-2-1-3-5-17/h1-8,12-14,19-20,26H,9-11,15-16H2,(H,24,27)(H,25,28)/b14-8+/t19-,20+/m1/s1. The van der Waals surface area contributed by atoms with E-state index in [4.69, 9.17) is 0 Å². The minimum atomic E-state index is -0.104. The summed E-state index contributed by atoms with van der Waals surface area (Å²) >= 11 is 0. The Labute approximate surface area is 165 Å². The van der Waals surface area contributed by atoms with Crippen LogP contribution >= 0.6 is 0 Å². The van der Waals surface area contributed by atoms with E-state index in [1.54, 1.807) is 24.3 Å². The van der Waals surface area contributed by atoms with Gasteiger partial charge >= 0.3 is 0 Å². The Hall–Kier alpha value is -3.08. The van der Waals surface area contributed by atoms with Crippen LogP contribution in [0.5, 0.6) is 5.75 Å². The van der Waals surface area contributed by atoms with Crippen LogP contribution in [-0.2, 0) is 16.0 Å². The zero-order valence-electron chi connectivity index (χ0n) is 15.8. The Balaban J connectivity index is 1.37. The molecule has 2 aromatic rings. The van der Waals surface area contributed by atoms with Crippen molar-refractivity contribution in [1.82, 2.24) is 10.6 Å². The van der Waals surface area contributed by atoms with Crippen LogP contribution in [0.25, 0.3) is 6.08 Å². The summed E-state index contributed by atoms with van der Waals surface area (Å²) in [4.78, 5) is 24.2. The molecule has 1 aliphatic carbocycles. The summed E-state index contributed by atoms with van der Waals surface area (Å²) in [5, 5.41) is 15.4. The third-order valence-corrected chi connectivity index (χ3v) is 4.95. The highest BCUT2D eigenvalue weighted by Gasteiger charge is 2.26. The number of carbonyl (C=O) groups is 2. The maximum absolute atomic E-state index is 12.2. The summed E-state index contributed by atoms with van der Waals surface area (Å²) in [6, 6.07) is 16.8. The predicted octanol–water partition coefficient (Wildman–Crippen LogP) is 3.19. The van der Waals surface area contributed by atoms with Gasteiger partial charge in [0.05, 0.1) is 0 Å². The SMILES string of the molecule is O=C(/C=C/c1ccccc1)N[C@@H]1CC[C@H](NC(=O)CCc2ccc(O)cc2)C1. The molecule has 2 atom stereocenters. The number of carbonyl (C=O) groups excluding carboxylic acids is 2. The molecule has 2 aromatic carbocycles. The van der Waals surface area contributed by atoms with Gasteiger partial charge in [0.2, 0.25) is 11.8 Å². The summed E-state index contributed by atoms with van der Waals surface area (Å²) in [5.41, 5.74) is 2.01. The molecule has 0 aliphatic heterocycles. The molecule has 28 heavy (non-hydrogen) atoms. The molecule has 1 fully saturated rings. The van der Waals surface area contributed by atoms with Gasteiger partial charge in [0.15, 0.2) is 0 Å². The topological polar surface area (TPSA) is 78.4 Å². The number of hydrogen-bond acceptors (Lipinski definition) is 3. The summed E-state index contributed by atoms with van der Waals surface area (Å²) in [6.07, 6.45) is 6.91. The van der Waals surface area contributed by atoms with Crippen LogP contribution in [0.2, 0.25) is 0 Å². The van der Waals surface area contributed by atoms with Crippen molar-refractivity contribution < 1.29 is 14.7 Å². The molecule has 5 nitrogen and oxygen atoms in total. The van der Waals surface area contributed by atoms with Crippen LogP contribution in [0.15, 0.2) is 60.7 Å². The van der Waals surface area contributed by atoms with Crippen molar-refractivity contribution in [3.8, 4) is 5.75 Å². The molecule has 0 heterocycles. The van der Waals surface area contributed by atoms with Crippen molar-refractivity contribution in [2.75, 3.05) is 0 Å². The summed E-state index contributed by atoms with van der Waals surface area (Å²) in [5.74, 6) is 0.146. The van der Waals surface area contributed by atoms with Crippen LogP contribution in [0.3, 0.4) is 0 Å². The molecule has 0 radical (unpaired) electrons. The van der Waals surface area contributed by atoms with E-state index < -0.39 is 0 Å². The van der Waals surface area contributed by atoms with E-state index >= 15 is 0 Å². The number of aryl methyl sites for hydroxylation is 1. The van der Waals surface area contributed by atoms with Gasteiger partial charge in [0.1, 0.15) is 5.75 Å². The minimum Gasteiger partial charge on any atom is -0.508 e. The summed E-state index contributed by atoms with van der Waals surface area (Å²) in [7, 11) is 0. The van der Waals surface area contributed by atoms with Crippen molar-refractivity contribution in [2.24, 2.45) is 0 Å². The smallest absolute Gasteiger partial charge is 0.244 e. The van der Waals surface area contributed by atoms with E-state index in [1.807, 2.05) is 42.5 Å². The second-order valence-electron chi connectivity index (χ2n) is 7.19. The number of rotatable bonds is 7. The fourth-order valence-corrected chi connectivity index (χ4v) is 3.45. The zero-order chi connectivity index (χ0) is 19.8. The Morgan fingerprint density at radius 2 is 1.64 bits per heavy atom. The van der Waals surface area contributed by atoms with Gasteiger partial charge in [-0.1, -0.05) is 42.5 Å². The largest absolute Gasteiger partial charge is 0.508 e. The second kappa shape index (κ2) is 9.74. The molecule has 1 aliphatic rings. The van der Waals surface area contributed by atoms with Crippen molar-refractivity contribution in [2.45, 2.75) is 44.2 Å². The average Bonchev–Trinajstić information content (AvgIpc) is 3.13. The third-order valence-electron chi connectivity index (χ3n) is 4.95. The number of phenols is 1. The molecular weight excluding hydrogens is 352 g/mol. The first kappa shape index (κ1) is 19.7. The van der Waals surface area contributed by atoms with E-state index in [1.165, 1.54) is 0 Å². The highest BCUT2D eigenvalue weighted by molar-refractivity contribution is 5.91. The van der Waals surface area contributed by atoms with Crippen molar-refractivity contribution in [3.63, 3.8) is 0 Å². The normalized spacial score (nSPS) is 18.9. The van der Waals surface area contributed by atoms with Gasteiger partial charge in [-0.05, 0) is 55.0 Å². The molecule has 3 N–H and O–H groups in total. The number of phenolic OH excluding ortho intramolecular Hbond substituents is 1. The first-order chi connectivity index (χ1) is 13.6. The Kier molecular flexibility index (Phi) is 6.84. The van der Waals surface area contributed by atoms with E-state index in [9.17, 15) is 14.7 Å². The molecular formula is C23H26N2O3. The third kappa shape index (κ3) is 6.27. The van der Waals surface area contributed by atoms with Crippen LogP contribution < -0.4 is 10.6 Å². The van der Waals surface area contributed by atoms with Crippen molar-refractivity contribution in [1.29, 1.82) is 0 Å². The Bertz CT molecular complexity index is 816. The Morgan fingerprint density at radius 1 is 0.964 bits per heavy atom. The molecule has 0 saturated heterocycles. The van der Waals surface area contributed by atoms with E-state index in [-0.39, 0.29) is 29.6 Å². The first-order valence-corrected chi connectivity index (χ1v) is 9.69. The van der Waals surface area contributed by atoms with Crippen LogP contribution in [0.1, 0.15) is 36.8 Å². The fraction of sp³-hybridized carbons (Fsp3) is 0.304. The number of hydrogen-bond donors (Lipinski definition) is 3. The lowest BCUT2D eigenvalue weighted by Crippen LogP contribution is -2.36. The lowest BCUT2D eigenvalue weighted by Gasteiger charge is -2.14. The van der Waals surface area contributed by atoms with Gasteiger partial charge in [-0.2, -0.15) is 0 Å². The van der Waals surface area contributed by atoms with Crippen LogP contribution in [0.4, 0.5) is 0 Å². The number of amides is 2. The Morgan fingerprint density at radius 3 is 2.36 bits per heavy atom. The molecule has 146 valence electrons. The van der Waals surface area contributed by atoms with Gasteiger partial charge in [-0.3, -0.25) is 9.59 Å². The number of nitrogens with one attached hydrogen (secondary N) is 2. The van der Waals surface area contributed by atoms with Crippen molar-refractivity contribution in [3.05, 3.63) is 71.8 Å². The molecule has 0 unspecified atom stereocenters. The maximum atomic E-state index is 12.2. The minimum absolute atomic E-state index is 0.0222. The fourth-order valence-electron chi connectivity index (χ4n) is 3.45. The van der Waals surface area contributed by atoms with E-state index in [0.29, 0.717) is 12.8 Å². The van der Waals surface area contributed by atoms with Gasteiger partial charge in [-0.15, -0.1) is 0 Å². The zero-order valence-corrected chi connectivity index (χ0v) is 15.8. The predicted molar refractivity (Wildman–Crippen MR) is 110 cm³/mol. The molecule has 3 rings (SSSR count). The lowest BCUT2D eigenvalue weighted by molar-refractivity contribution is -0.121. The van der Waals surface area contributed by atoms with Crippen molar-refractivity contribution >= 4 is 17.9 Å².